The summed E-state index contributed by atoms with van der Waals surface area (Å²) < 4.78 is 6.33. The minimum Gasteiger partial charge on any atom is -0.479 e. The molecule has 0 aromatic carbocycles. The fraction of sp³-hybridized carbons (Fsp3) is 0.955. The first-order valence-electron chi connectivity index (χ1n) is 11.1. The molecule has 0 N–H and O–H groups in total. The molecule has 4 nitrogen and oxygen atoms in total. The van der Waals surface area contributed by atoms with Crippen molar-refractivity contribution in [3.63, 3.8) is 0 Å². The van der Waals surface area contributed by atoms with Crippen LogP contribution in [0.1, 0.15) is 72.1 Å². The smallest absolute Gasteiger partial charge is 0.211 e. The Morgan fingerprint density at radius 1 is 1.12 bits per heavy atom. The molecule has 2 aliphatic heterocycles. The highest BCUT2D eigenvalue weighted by molar-refractivity contribution is 5.82. The normalized spacial score (nSPS) is 38.1. The van der Waals surface area contributed by atoms with Crippen LogP contribution in [0.4, 0.5) is 0 Å². The van der Waals surface area contributed by atoms with Crippen LogP contribution < -0.4 is 0 Å². The monoisotopic (exact) mass is 363 g/mol. The Kier molecular flexibility index (Phi) is 6.53. The van der Waals surface area contributed by atoms with E-state index in [1.807, 2.05) is 0 Å². The number of nitrogens with zero attached hydrogens (tertiary/aromatic N) is 3. The highest BCUT2D eigenvalue weighted by atomic mass is 16.5. The van der Waals surface area contributed by atoms with E-state index in [1.54, 1.807) is 0 Å². The van der Waals surface area contributed by atoms with Gasteiger partial charge in [0, 0.05) is 13.1 Å². The maximum atomic E-state index is 6.33. The maximum absolute atomic E-state index is 6.33. The molecule has 4 heteroatoms. The van der Waals surface area contributed by atoms with Crippen molar-refractivity contribution in [2.45, 2.75) is 77.7 Å². The second-order valence-corrected chi connectivity index (χ2v) is 9.73. The van der Waals surface area contributed by atoms with Gasteiger partial charge in [0.1, 0.15) is 0 Å². The fourth-order valence-electron chi connectivity index (χ4n) is 5.75. The van der Waals surface area contributed by atoms with Crippen molar-refractivity contribution in [2.75, 3.05) is 33.8 Å². The zero-order chi connectivity index (χ0) is 18.7. The molecular formula is C22H41N3O. The molecule has 0 radical (unpaired) electrons. The van der Waals surface area contributed by atoms with E-state index in [0.717, 1.165) is 43.9 Å². The molecule has 2 heterocycles. The van der Waals surface area contributed by atoms with E-state index in [9.17, 15) is 0 Å². The molecule has 5 atom stereocenters. The first-order chi connectivity index (χ1) is 12.4. The quantitative estimate of drug-likeness (QED) is 0.683. The van der Waals surface area contributed by atoms with Gasteiger partial charge in [0.05, 0.1) is 18.1 Å². The molecule has 1 aliphatic carbocycles. The first kappa shape index (κ1) is 20.0. The van der Waals surface area contributed by atoms with Crippen molar-refractivity contribution < 1.29 is 4.74 Å². The van der Waals surface area contributed by atoms with Crippen molar-refractivity contribution in [3.05, 3.63) is 0 Å². The summed E-state index contributed by atoms with van der Waals surface area (Å²) in [5, 5.41) is 7.64. The summed E-state index contributed by atoms with van der Waals surface area (Å²) in [6.45, 7) is 10.4. The molecule has 1 spiro atoms. The first-order valence-corrected chi connectivity index (χ1v) is 11.1. The number of hydrazone groups is 1. The van der Waals surface area contributed by atoms with Crippen LogP contribution in [-0.4, -0.2) is 55.1 Å². The molecule has 0 aromatic rings. The van der Waals surface area contributed by atoms with E-state index in [-0.39, 0.29) is 5.54 Å². The van der Waals surface area contributed by atoms with E-state index in [0.29, 0.717) is 11.8 Å². The van der Waals surface area contributed by atoms with Crippen LogP contribution in [0.15, 0.2) is 5.10 Å². The van der Waals surface area contributed by atoms with Gasteiger partial charge in [-0.25, -0.2) is 0 Å². The Morgan fingerprint density at radius 3 is 2.65 bits per heavy atom. The molecular weight excluding hydrogens is 322 g/mol. The minimum absolute atomic E-state index is 0.224. The van der Waals surface area contributed by atoms with Crippen LogP contribution in [0.5, 0.6) is 0 Å². The van der Waals surface area contributed by atoms with Crippen LogP contribution >= 0.6 is 0 Å². The summed E-state index contributed by atoms with van der Waals surface area (Å²) in [5.41, 5.74) is 0.224. The lowest BCUT2D eigenvalue weighted by Gasteiger charge is -2.50. The van der Waals surface area contributed by atoms with Gasteiger partial charge in [-0.1, -0.05) is 33.6 Å². The molecule has 0 aromatic heterocycles. The predicted molar refractivity (Wildman–Crippen MR) is 109 cm³/mol. The second kappa shape index (κ2) is 8.50. The standard InChI is InChI=1S/C22H41N3O/c1-17-9-6-7-13-25-22(19(3)15-17)11-10-18(2)16-20(22)21(23-25)26-14-8-12-24(4)5/h17-20H,6-16H2,1-5H3. The Balaban J connectivity index is 1.79. The van der Waals surface area contributed by atoms with Crippen molar-refractivity contribution in [1.82, 2.24) is 9.91 Å². The van der Waals surface area contributed by atoms with Crippen LogP contribution in [0.2, 0.25) is 0 Å². The van der Waals surface area contributed by atoms with Gasteiger partial charge in [0.2, 0.25) is 5.90 Å². The van der Waals surface area contributed by atoms with E-state index in [2.05, 4.69) is 44.8 Å². The molecule has 0 amide bonds. The topological polar surface area (TPSA) is 28.1 Å². The summed E-state index contributed by atoms with van der Waals surface area (Å²) in [6, 6.07) is 0. The Labute approximate surface area is 161 Å². The number of ether oxygens (including phenoxy) is 1. The van der Waals surface area contributed by atoms with Crippen molar-refractivity contribution in [3.8, 4) is 0 Å². The maximum Gasteiger partial charge on any atom is 0.211 e. The molecule has 1 saturated heterocycles. The Hall–Kier alpha value is -0.770. The number of rotatable bonds is 4. The molecule has 2 fully saturated rings. The number of hydrogen-bond donors (Lipinski definition) is 0. The third kappa shape index (κ3) is 4.05. The summed E-state index contributed by atoms with van der Waals surface area (Å²) in [7, 11) is 4.26. The van der Waals surface area contributed by atoms with Crippen LogP contribution in [0.3, 0.4) is 0 Å². The Bertz CT molecular complexity index is 492. The van der Waals surface area contributed by atoms with Gasteiger partial charge in [-0.3, -0.25) is 5.01 Å². The molecule has 150 valence electrons. The third-order valence-electron chi connectivity index (χ3n) is 7.20. The Morgan fingerprint density at radius 2 is 1.88 bits per heavy atom. The van der Waals surface area contributed by atoms with Gasteiger partial charge in [-0.2, -0.15) is 0 Å². The van der Waals surface area contributed by atoms with Crippen LogP contribution in [0, 0.1) is 23.7 Å². The zero-order valence-corrected chi connectivity index (χ0v) is 17.8. The molecule has 26 heavy (non-hydrogen) atoms. The van der Waals surface area contributed by atoms with Crippen molar-refractivity contribution >= 4 is 5.90 Å². The average Bonchev–Trinajstić information content (AvgIpc) is 2.91. The van der Waals surface area contributed by atoms with Gasteiger partial charge >= 0.3 is 0 Å². The average molecular weight is 364 g/mol. The lowest BCUT2D eigenvalue weighted by Crippen LogP contribution is -2.56. The van der Waals surface area contributed by atoms with Gasteiger partial charge in [0.15, 0.2) is 0 Å². The van der Waals surface area contributed by atoms with E-state index >= 15 is 0 Å². The SMILES string of the molecule is CC1CCCCN2N=C(OCCCN(C)C)C3CC(C)CCC32C(C)C1. The number of hydrogen-bond acceptors (Lipinski definition) is 4. The summed E-state index contributed by atoms with van der Waals surface area (Å²) >= 11 is 0. The van der Waals surface area contributed by atoms with E-state index < -0.39 is 0 Å². The van der Waals surface area contributed by atoms with Gasteiger partial charge in [-0.05, 0) is 70.4 Å². The lowest BCUT2D eigenvalue weighted by molar-refractivity contribution is -0.0155. The molecule has 1 saturated carbocycles. The van der Waals surface area contributed by atoms with Crippen molar-refractivity contribution in [2.24, 2.45) is 28.8 Å². The summed E-state index contributed by atoms with van der Waals surface area (Å²) in [6.07, 6.45) is 10.3. The fourth-order valence-corrected chi connectivity index (χ4v) is 5.75. The highest BCUT2D eigenvalue weighted by Gasteiger charge is 2.57. The molecule has 5 unspecified atom stereocenters. The largest absolute Gasteiger partial charge is 0.479 e. The van der Waals surface area contributed by atoms with Gasteiger partial charge in [-0.15, -0.1) is 5.10 Å². The van der Waals surface area contributed by atoms with E-state index in [1.165, 1.54) is 44.9 Å². The van der Waals surface area contributed by atoms with Crippen LogP contribution in [0.25, 0.3) is 0 Å². The molecule has 3 rings (SSSR count). The zero-order valence-electron chi connectivity index (χ0n) is 17.8. The van der Waals surface area contributed by atoms with Gasteiger partial charge in [0.25, 0.3) is 0 Å². The summed E-state index contributed by atoms with van der Waals surface area (Å²) in [4.78, 5) is 2.23. The molecule has 0 bridgehead atoms. The van der Waals surface area contributed by atoms with Crippen LogP contribution in [-0.2, 0) is 4.74 Å². The highest BCUT2D eigenvalue weighted by Crippen LogP contribution is 2.52. The minimum atomic E-state index is 0.224. The van der Waals surface area contributed by atoms with E-state index in [4.69, 9.17) is 9.84 Å². The second-order valence-electron chi connectivity index (χ2n) is 9.73. The predicted octanol–water partition coefficient (Wildman–Crippen LogP) is 4.61. The molecule has 3 aliphatic rings. The summed E-state index contributed by atoms with van der Waals surface area (Å²) in [5.74, 6) is 3.89. The lowest BCUT2D eigenvalue weighted by atomic mass is 9.62. The van der Waals surface area contributed by atoms with Crippen molar-refractivity contribution in [1.29, 1.82) is 0 Å². The van der Waals surface area contributed by atoms with Gasteiger partial charge < -0.3 is 9.64 Å². The third-order valence-corrected chi connectivity index (χ3v) is 7.20.